The van der Waals surface area contributed by atoms with Crippen LogP contribution in [0.25, 0.3) is 0 Å². The second-order valence-electron chi connectivity index (χ2n) is 8.30. The summed E-state index contributed by atoms with van der Waals surface area (Å²) in [7, 11) is 0. The van der Waals surface area contributed by atoms with Crippen LogP contribution in [0.1, 0.15) is 30.0 Å². The number of anilines is 1. The van der Waals surface area contributed by atoms with Crippen molar-refractivity contribution in [2.24, 2.45) is 5.92 Å². The van der Waals surface area contributed by atoms with Gasteiger partial charge in [-0.15, -0.1) is 0 Å². The molecule has 1 atom stereocenters. The predicted octanol–water partition coefficient (Wildman–Crippen LogP) is 2.75. The van der Waals surface area contributed by atoms with Gasteiger partial charge in [-0.25, -0.2) is 0 Å². The molecule has 2 amide bonds. The molecule has 0 bridgehead atoms. The summed E-state index contributed by atoms with van der Waals surface area (Å²) in [6.07, 6.45) is 1.23. The van der Waals surface area contributed by atoms with Crippen molar-refractivity contribution in [3.05, 3.63) is 65.2 Å². The van der Waals surface area contributed by atoms with Crippen LogP contribution >= 0.6 is 0 Å². The lowest BCUT2D eigenvalue weighted by molar-refractivity contribution is -0.126. The number of carbonyl (C=O) groups excluding carboxylic acids is 2. The highest BCUT2D eigenvalue weighted by molar-refractivity contribution is 6.00. The van der Waals surface area contributed by atoms with Crippen LogP contribution < -0.4 is 10.2 Å². The van der Waals surface area contributed by atoms with Crippen LogP contribution in [0.5, 0.6) is 0 Å². The third kappa shape index (κ3) is 5.32. The van der Waals surface area contributed by atoms with Crippen LogP contribution in [0.4, 0.5) is 5.69 Å². The number of hydrogen-bond acceptors (Lipinski definition) is 4. The molecule has 2 heterocycles. The molecule has 2 aromatic carbocycles. The van der Waals surface area contributed by atoms with E-state index in [1.54, 1.807) is 4.90 Å². The van der Waals surface area contributed by atoms with Gasteiger partial charge in [-0.3, -0.25) is 14.5 Å². The minimum atomic E-state index is -0.315. The van der Waals surface area contributed by atoms with E-state index in [1.165, 1.54) is 11.1 Å². The number of ether oxygens (including phenoxy) is 1. The summed E-state index contributed by atoms with van der Waals surface area (Å²) < 4.78 is 5.43. The highest BCUT2D eigenvalue weighted by Gasteiger charge is 2.35. The average Bonchev–Trinajstić information content (AvgIpc) is 3.21. The van der Waals surface area contributed by atoms with Crippen LogP contribution in [-0.4, -0.2) is 49.6 Å². The third-order valence-electron chi connectivity index (χ3n) is 6.22. The Kier molecular flexibility index (Phi) is 6.99. The zero-order valence-corrected chi connectivity index (χ0v) is 18.2. The molecule has 2 aromatic rings. The van der Waals surface area contributed by atoms with E-state index in [0.29, 0.717) is 13.1 Å². The Morgan fingerprint density at radius 3 is 2.48 bits per heavy atom. The van der Waals surface area contributed by atoms with Crippen LogP contribution in [0.2, 0.25) is 0 Å². The minimum absolute atomic E-state index is 0.0112. The zero-order chi connectivity index (χ0) is 21.6. The molecular weight excluding hydrogens is 390 g/mol. The molecule has 4 rings (SSSR count). The Labute approximate surface area is 184 Å². The number of rotatable bonds is 7. The topological polar surface area (TPSA) is 61.9 Å². The Bertz CT molecular complexity index is 906. The fourth-order valence-electron chi connectivity index (χ4n) is 4.26. The normalized spacial score (nSPS) is 19.6. The fourth-order valence-corrected chi connectivity index (χ4v) is 4.26. The third-order valence-corrected chi connectivity index (χ3v) is 6.22. The number of amides is 2. The Balaban J connectivity index is 1.34. The maximum atomic E-state index is 12.8. The van der Waals surface area contributed by atoms with Gasteiger partial charge in [0.05, 0.1) is 19.1 Å². The quantitative estimate of drug-likeness (QED) is 0.747. The van der Waals surface area contributed by atoms with Crippen molar-refractivity contribution in [3.8, 4) is 0 Å². The second kappa shape index (κ2) is 10.1. The Morgan fingerprint density at radius 2 is 1.77 bits per heavy atom. The van der Waals surface area contributed by atoms with E-state index in [4.69, 9.17) is 4.74 Å². The first-order valence-corrected chi connectivity index (χ1v) is 11.2. The van der Waals surface area contributed by atoms with Crippen LogP contribution in [-0.2, 0) is 33.8 Å². The number of carbonyl (C=O) groups is 2. The monoisotopic (exact) mass is 421 g/mol. The van der Waals surface area contributed by atoms with Crippen LogP contribution in [0.3, 0.4) is 0 Å². The average molecular weight is 422 g/mol. The summed E-state index contributed by atoms with van der Waals surface area (Å²) >= 11 is 0. The summed E-state index contributed by atoms with van der Waals surface area (Å²) in [5.74, 6) is -0.357. The molecule has 0 aliphatic carbocycles. The Morgan fingerprint density at radius 1 is 1.06 bits per heavy atom. The lowest BCUT2D eigenvalue weighted by atomic mass is 10.1. The Hall–Kier alpha value is -2.70. The number of hydrogen-bond donors (Lipinski definition) is 1. The number of nitrogens with zero attached hydrogens (tertiary/aromatic N) is 2. The van der Waals surface area contributed by atoms with Gasteiger partial charge in [0.15, 0.2) is 0 Å². The molecule has 6 nitrogen and oxygen atoms in total. The fraction of sp³-hybridized carbons (Fsp3) is 0.440. The highest BCUT2D eigenvalue weighted by atomic mass is 16.5. The summed E-state index contributed by atoms with van der Waals surface area (Å²) in [4.78, 5) is 29.5. The SMILES string of the molecule is CCc1ccc(N2C[C@@H](C(=O)NCc3ccccc3CN3CCOCC3)CC2=O)cc1. The van der Waals surface area contributed by atoms with Gasteiger partial charge >= 0.3 is 0 Å². The molecule has 31 heavy (non-hydrogen) atoms. The molecule has 6 heteroatoms. The number of nitrogens with one attached hydrogen (secondary N) is 1. The predicted molar refractivity (Wildman–Crippen MR) is 121 cm³/mol. The molecule has 2 aliphatic heterocycles. The van der Waals surface area contributed by atoms with Gasteiger partial charge in [0, 0.05) is 44.8 Å². The van der Waals surface area contributed by atoms with E-state index in [9.17, 15) is 9.59 Å². The number of morpholine rings is 1. The van der Waals surface area contributed by atoms with Gasteiger partial charge in [0.2, 0.25) is 11.8 Å². The van der Waals surface area contributed by atoms with E-state index >= 15 is 0 Å². The number of aryl methyl sites for hydroxylation is 1. The van der Waals surface area contributed by atoms with Crippen molar-refractivity contribution >= 4 is 17.5 Å². The van der Waals surface area contributed by atoms with Gasteiger partial charge < -0.3 is 15.0 Å². The van der Waals surface area contributed by atoms with Gasteiger partial charge in [-0.2, -0.15) is 0 Å². The molecular formula is C25H31N3O3. The molecule has 0 aromatic heterocycles. The van der Waals surface area contributed by atoms with E-state index in [1.807, 2.05) is 36.4 Å². The molecule has 2 aliphatic rings. The molecule has 0 spiro atoms. The van der Waals surface area contributed by atoms with E-state index < -0.39 is 0 Å². The summed E-state index contributed by atoms with van der Waals surface area (Å²) in [6, 6.07) is 16.3. The first-order valence-electron chi connectivity index (χ1n) is 11.2. The van der Waals surface area contributed by atoms with Crippen molar-refractivity contribution in [3.63, 3.8) is 0 Å². The van der Waals surface area contributed by atoms with Crippen LogP contribution in [0.15, 0.2) is 48.5 Å². The molecule has 0 radical (unpaired) electrons. The molecule has 1 N–H and O–H groups in total. The molecule has 164 valence electrons. The molecule has 2 fully saturated rings. The summed E-state index contributed by atoms with van der Waals surface area (Å²) in [5, 5.41) is 3.07. The first-order chi connectivity index (χ1) is 15.1. The zero-order valence-electron chi connectivity index (χ0n) is 18.2. The van der Waals surface area contributed by atoms with Gasteiger partial charge in [-0.1, -0.05) is 43.3 Å². The minimum Gasteiger partial charge on any atom is -0.379 e. The van der Waals surface area contributed by atoms with Gasteiger partial charge in [-0.05, 0) is 35.2 Å². The van der Waals surface area contributed by atoms with Crippen molar-refractivity contribution in [2.45, 2.75) is 32.9 Å². The maximum Gasteiger partial charge on any atom is 0.227 e. The van der Waals surface area contributed by atoms with E-state index in [2.05, 4.69) is 29.3 Å². The molecule has 2 saturated heterocycles. The highest BCUT2D eigenvalue weighted by Crippen LogP contribution is 2.26. The van der Waals surface area contributed by atoms with Crippen LogP contribution in [0, 0.1) is 5.92 Å². The van der Waals surface area contributed by atoms with Crippen molar-refractivity contribution < 1.29 is 14.3 Å². The first kappa shape index (κ1) is 21.5. The summed E-state index contributed by atoms with van der Waals surface area (Å²) in [5.41, 5.74) is 4.46. The maximum absolute atomic E-state index is 12.8. The van der Waals surface area contributed by atoms with Gasteiger partial charge in [0.1, 0.15) is 0 Å². The number of benzene rings is 2. The largest absolute Gasteiger partial charge is 0.379 e. The summed E-state index contributed by atoms with van der Waals surface area (Å²) in [6.45, 7) is 7.29. The lowest BCUT2D eigenvalue weighted by Gasteiger charge is -2.27. The van der Waals surface area contributed by atoms with E-state index in [0.717, 1.165) is 50.5 Å². The second-order valence-corrected chi connectivity index (χ2v) is 8.30. The standard InChI is InChI=1S/C25H31N3O3/c1-2-19-7-9-23(10-8-19)28-18-22(15-24(28)29)25(30)26-16-20-5-3-4-6-21(20)17-27-11-13-31-14-12-27/h3-10,22H,2,11-18H2,1H3,(H,26,30)/t22-/m0/s1. The lowest BCUT2D eigenvalue weighted by Crippen LogP contribution is -2.36. The van der Waals surface area contributed by atoms with Crippen molar-refractivity contribution in [1.82, 2.24) is 10.2 Å². The van der Waals surface area contributed by atoms with Gasteiger partial charge in [0.25, 0.3) is 0 Å². The van der Waals surface area contributed by atoms with Crippen molar-refractivity contribution in [1.29, 1.82) is 0 Å². The van der Waals surface area contributed by atoms with E-state index in [-0.39, 0.29) is 24.2 Å². The molecule has 0 unspecified atom stereocenters. The smallest absolute Gasteiger partial charge is 0.227 e. The van der Waals surface area contributed by atoms with Crippen molar-refractivity contribution in [2.75, 3.05) is 37.7 Å². The molecule has 0 saturated carbocycles.